The van der Waals surface area contributed by atoms with Crippen molar-refractivity contribution in [2.75, 3.05) is 4.90 Å². The van der Waals surface area contributed by atoms with Crippen molar-refractivity contribution in [1.82, 2.24) is 0 Å². The zero-order valence-corrected chi connectivity index (χ0v) is 24.2. The molecule has 0 amide bonds. The van der Waals surface area contributed by atoms with Crippen molar-refractivity contribution in [2.24, 2.45) is 4.40 Å². The molecule has 0 aromatic heterocycles. The lowest BCUT2D eigenvalue weighted by Crippen LogP contribution is -2.31. The number of benzene rings is 5. The topological polar surface area (TPSA) is 76.0 Å². The molecule has 1 heterocycles. The van der Waals surface area contributed by atoms with Crippen LogP contribution in [-0.4, -0.2) is 20.2 Å². The summed E-state index contributed by atoms with van der Waals surface area (Å²) in [4.78, 5) is 15.2. The van der Waals surface area contributed by atoms with Gasteiger partial charge in [-0.3, -0.25) is 0 Å². The summed E-state index contributed by atoms with van der Waals surface area (Å²) >= 11 is 3.43. The van der Waals surface area contributed by atoms with E-state index in [2.05, 4.69) is 38.5 Å². The minimum atomic E-state index is -3.87. The highest BCUT2D eigenvalue weighted by Gasteiger charge is 2.34. The Kier molecular flexibility index (Phi) is 6.25. The van der Waals surface area contributed by atoms with Crippen molar-refractivity contribution in [1.29, 1.82) is 0 Å². The number of para-hydroxylation sites is 1. The van der Waals surface area contributed by atoms with Gasteiger partial charge in [-0.25, -0.2) is 4.79 Å². The number of ether oxygens (including phenoxy) is 1. The Morgan fingerprint density at radius 1 is 0.829 bits per heavy atom. The van der Waals surface area contributed by atoms with Gasteiger partial charge in [0.25, 0.3) is 10.0 Å². The normalized spacial score (nSPS) is 14.5. The molecule has 0 radical (unpaired) electrons. The molecule has 6 nitrogen and oxygen atoms in total. The van der Waals surface area contributed by atoms with Crippen molar-refractivity contribution in [3.8, 4) is 5.75 Å². The van der Waals surface area contributed by atoms with E-state index in [1.807, 2.05) is 47.4 Å². The predicted octanol–water partition coefficient (Wildman–Crippen LogP) is 7.08. The van der Waals surface area contributed by atoms with Crippen molar-refractivity contribution in [3.05, 3.63) is 135 Å². The third-order valence-electron chi connectivity index (χ3n) is 7.61. The molecule has 2 aliphatic rings. The third-order valence-corrected chi connectivity index (χ3v) is 9.63. The second kappa shape index (κ2) is 9.98. The van der Waals surface area contributed by atoms with Crippen molar-refractivity contribution in [2.45, 2.75) is 24.3 Å². The van der Waals surface area contributed by atoms with E-state index in [0.717, 1.165) is 23.9 Å². The van der Waals surface area contributed by atoms with Gasteiger partial charge in [-0.1, -0.05) is 66.7 Å². The summed E-state index contributed by atoms with van der Waals surface area (Å²) in [7, 11) is -3.87. The molecule has 202 valence electrons. The predicted molar refractivity (Wildman–Crippen MR) is 163 cm³/mol. The van der Waals surface area contributed by atoms with Crippen LogP contribution in [0.4, 0.5) is 5.69 Å². The lowest BCUT2D eigenvalue weighted by atomic mass is 10.0. The van der Waals surface area contributed by atoms with Gasteiger partial charge in [-0.15, -0.1) is 4.40 Å². The molecule has 0 fully saturated rings. The van der Waals surface area contributed by atoms with Crippen molar-refractivity contribution < 1.29 is 17.9 Å². The van der Waals surface area contributed by atoms with Gasteiger partial charge >= 0.3 is 5.97 Å². The average molecular weight is 624 g/mol. The molecule has 0 atom stereocenters. The summed E-state index contributed by atoms with van der Waals surface area (Å²) in [5.41, 5.74) is 5.06. The largest absolute Gasteiger partial charge is 0.423 e. The van der Waals surface area contributed by atoms with Gasteiger partial charge in [-0.05, 0) is 81.7 Å². The number of carbonyl (C=O) groups is 1. The molecule has 0 N–H and O–H groups in total. The fourth-order valence-electron chi connectivity index (χ4n) is 5.71. The third kappa shape index (κ3) is 4.44. The van der Waals surface area contributed by atoms with E-state index < -0.39 is 16.0 Å². The first-order valence-corrected chi connectivity index (χ1v) is 15.4. The molecular formula is C33H23BrN2O4S. The van der Waals surface area contributed by atoms with E-state index in [4.69, 9.17) is 4.74 Å². The van der Waals surface area contributed by atoms with E-state index in [9.17, 15) is 13.2 Å². The number of hydrogen-bond donors (Lipinski definition) is 0. The second-order valence-electron chi connectivity index (χ2n) is 10.0. The molecule has 5 aromatic carbocycles. The standard InChI is InChI=1S/C33H23BrN2O4S/c34-27-13-4-2-10-24(27)33(37)40-29-14-5-1-8-23(29)20-36(32-26-11-3-6-15-30(26)41(38,39)35-32)28-19-18-22-17-16-21-9-7-12-25(28)31(21)22/h1-15,18-19H,16-17,20H2. The number of fused-ring (bicyclic) bond motifs is 1. The van der Waals surface area contributed by atoms with E-state index in [-0.39, 0.29) is 11.4 Å². The number of aryl methyl sites for hydroxylation is 2. The minimum Gasteiger partial charge on any atom is -0.423 e. The molecule has 7 rings (SSSR count). The molecule has 1 aliphatic heterocycles. The van der Waals surface area contributed by atoms with Crippen molar-refractivity contribution in [3.63, 3.8) is 0 Å². The van der Waals surface area contributed by atoms with Gasteiger partial charge in [0.1, 0.15) is 10.6 Å². The van der Waals surface area contributed by atoms with Gasteiger partial charge in [0.2, 0.25) is 0 Å². The number of esters is 1. The highest BCUT2D eigenvalue weighted by atomic mass is 79.9. The van der Waals surface area contributed by atoms with E-state index in [1.54, 1.807) is 42.5 Å². The number of carbonyl (C=O) groups excluding carboxylic acids is 1. The summed E-state index contributed by atoms with van der Waals surface area (Å²) in [5, 5.41) is 2.24. The number of sulfonamides is 1. The quantitative estimate of drug-likeness (QED) is 0.155. The van der Waals surface area contributed by atoms with Gasteiger partial charge in [0.05, 0.1) is 17.8 Å². The summed E-state index contributed by atoms with van der Waals surface area (Å²) in [6, 6.07) is 31.7. The molecule has 0 unspecified atom stereocenters. The first-order chi connectivity index (χ1) is 19.9. The molecule has 0 saturated carbocycles. The molecule has 0 bridgehead atoms. The molecule has 41 heavy (non-hydrogen) atoms. The van der Waals surface area contributed by atoms with Crippen LogP contribution in [0.25, 0.3) is 10.8 Å². The van der Waals surface area contributed by atoms with Crippen LogP contribution in [0.15, 0.2) is 117 Å². The van der Waals surface area contributed by atoms with E-state index in [1.165, 1.54) is 16.5 Å². The highest BCUT2D eigenvalue weighted by molar-refractivity contribution is 9.10. The van der Waals surface area contributed by atoms with Crippen LogP contribution >= 0.6 is 15.9 Å². The van der Waals surface area contributed by atoms with Gasteiger partial charge in [0, 0.05) is 21.0 Å². The minimum absolute atomic E-state index is 0.180. The maximum Gasteiger partial charge on any atom is 0.344 e. The van der Waals surface area contributed by atoms with Crippen LogP contribution in [-0.2, 0) is 29.4 Å². The fraction of sp³-hybridized carbons (Fsp3) is 0.0909. The maximum absolute atomic E-state index is 13.1. The Bertz CT molecular complexity index is 2010. The average Bonchev–Trinajstić information content (AvgIpc) is 3.52. The number of anilines is 1. The maximum atomic E-state index is 13.1. The molecule has 0 saturated heterocycles. The fourth-order valence-corrected chi connectivity index (χ4v) is 7.37. The molecule has 5 aromatic rings. The lowest BCUT2D eigenvalue weighted by Gasteiger charge is -2.27. The number of rotatable bonds is 5. The Morgan fingerprint density at radius 2 is 1.56 bits per heavy atom. The first-order valence-electron chi connectivity index (χ1n) is 13.2. The van der Waals surface area contributed by atoms with Crippen LogP contribution in [0.5, 0.6) is 5.75 Å². The molecule has 8 heteroatoms. The summed E-state index contributed by atoms with van der Waals surface area (Å²) in [6.07, 6.45) is 1.95. The molecular weight excluding hydrogens is 600 g/mol. The summed E-state index contributed by atoms with van der Waals surface area (Å²) < 4.78 is 37.1. The Labute approximate surface area is 246 Å². The Hall–Kier alpha value is -4.27. The SMILES string of the molecule is O=C(Oc1ccccc1CN(C1=NS(=O)(=O)c2ccccc21)c1ccc2c3c(cccc13)CC2)c1ccccc1Br. The number of halogens is 1. The monoisotopic (exact) mass is 622 g/mol. The number of nitrogens with zero attached hydrogens (tertiary/aromatic N) is 2. The van der Waals surface area contributed by atoms with Crippen molar-refractivity contribution >= 4 is 54.2 Å². The summed E-state index contributed by atoms with van der Waals surface area (Å²) in [5.74, 6) is 0.234. The van der Waals surface area contributed by atoms with Crippen LogP contribution in [0.3, 0.4) is 0 Å². The second-order valence-corrected chi connectivity index (χ2v) is 12.5. The lowest BCUT2D eigenvalue weighted by molar-refractivity contribution is 0.0732. The number of hydrogen-bond acceptors (Lipinski definition) is 5. The van der Waals surface area contributed by atoms with E-state index in [0.29, 0.717) is 32.7 Å². The van der Waals surface area contributed by atoms with E-state index >= 15 is 0 Å². The zero-order chi connectivity index (χ0) is 28.1. The van der Waals surface area contributed by atoms with Gasteiger partial charge < -0.3 is 9.64 Å². The van der Waals surface area contributed by atoms with Crippen LogP contribution in [0.1, 0.15) is 32.6 Å². The Morgan fingerprint density at radius 3 is 2.41 bits per heavy atom. The Balaban J connectivity index is 1.37. The zero-order valence-electron chi connectivity index (χ0n) is 21.7. The van der Waals surface area contributed by atoms with Crippen LogP contribution < -0.4 is 9.64 Å². The van der Waals surface area contributed by atoms with Crippen LogP contribution in [0.2, 0.25) is 0 Å². The molecule has 0 spiro atoms. The highest BCUT2D eigenvalue weighted by Crippen LogP contribution is 2.40. The van der Waals surface area contributed by atoms with Crippen LogP contribution in [0, 0.1) is 0 Å². The number of amidine groups is 1. The van der Waals surface area contributed by atoms with Gasteiger partial charge in [-0.2, -0.15) is 8.42 Å². The molecule has 1 aliphatic carbocycles. The smallest absolute Gasteiger partial charge is 0.344 e. The first kappa shape index (κ1) is 25.7. The van der Waals surface area contributed by atoms with Gasteiger partial charge in [0.15, 0.2) is 5.84 Å². The summed E-state index contributed by atoms with van der Waals surface area (Å²) in [6.45, 7) is 0.223.